The first kappa shape index (κ1) is 17.4. The fourth-order valence-electron chi connectivity index (χ4n) is 2.18. The van der Waals surface area contributed by atoms with Crippen molar-refractivity contribution >= 4 is 43.2 Å². The van der Waals surface area contributed by atoms with Gasteiger partial charge in [0.05, 0.1) is 5.75 Å². The number of aromatic nitrogens is 3. The van der Waals surface area contributed by atoms with Gasteiger partial charge in [-0.1, -0.05) is 11.3 Å². The molecule has 0 bridgehead atoms. The van der Waals surface area contributed by atoms with Crippen molar-refractivity contribution in [2.45, 2.75) is 6.42 Å². The van der Waals surface area contributed by atoms with Crippen molar-refractivity contribution in [2.24, 2.45) is 0 Å². The fraction of sp³-hybridized carbons (Fsp3) is 0.250. The Hall–Kier alpha value is -2.39. The number of anilines is 1. The van der Waals surface area contributed by atoms with E-state index in [4.69, 9.17) is 0 Å². The Morgan fingerprint density at radius 3 is 2.72 bits per heavy atom. The zero-order chi connectivity index (χ0) is 18.0. The van der Waals surface area contributed by atoms with Crippen molar-refractivity contribution in [3.63, 3.8) is 0 Å². The van der Waals surface area contributed by atoms with Crippen LogP contribution in [0.4, 0.5) is 5.82 Å². The standard InChI is InChI=1S/C16H16N4O3S2/c1-20(14(21)7-9-25(2,22)23)13-6-5-12-16(19-13)24-15(18-12)11-4-3-8-17-10-11/h3-6,8,10H,7,9H2,1-2H3. The van der Waals surface area contributed by atoms with E-state index in [0.717, 1.165) is 22.3 Å². The van der Waals surface area contributed by atoms with Crippen LogP contribution in [0.5, 0.6) is 0 Å². The van der Waals surface area contributed by atoms with Crippen LogP contribution in [0.1, 0.15) is 6.42 Å². The summed E-state index contributed by atoms with van der Waals surface area (Å²) in [4.78, 5) is 27.3. The SMILES string of the molecule is CN(C(=O)CCS(C)(=O)=O)c1ccc2nc(-c3cccnc3)sc2n1. The predicted molar refractivity (Wildman–Crippen MR) is 98.4 cm³/mol. The molecule has 0 aromatic carbocycles. The number of sulfone groups is 1. The van der Waals surface area contributed by atoms with Gasteiger partial charge in [0.25, 0.3) is 0 Å². The van der Waals surface area contributed by atoms with Gasteiger partial charge in [-0.3, -0.25) is 14.7 Å². The summed E-state index contributed by atoms with van der Waals surface area (Å²) < 4.78 is 22.4. The quantitative estimate of drug-likeness (QED) is 0.677. The molecule has 3 rings (SSSR count). The molecule has 130 valence electrons. The lowest BCUT2D eigenvalue weighted by molar-refractivity contribution is -0.118. The largest absolute Gasteiger partial charge is 0.300 e. The van der Waals surface area contributed by atoms with Gasteiger partial charge < -0.3 is 0 Å². The van der Waals surface area contributed by atoms with Crippen LogP contribution in [0.15, 0.2) is 36.7 Å². The molecule has 0 aliphatic carbocycles. The Labute approximate surface area is 149 Å². The highest BCUT2D eigenvalue weighted by molar-refractivity contribution is 7.90. The fourth-order valence-corrected chi connectivity index (χ4v) is 3.64. The molecule has 25 heavy (non-hydrogen) atoms. The lowest BCUT2D eigenvalue weighted by atomic mass is 10.3. The normalized spacial score (nSPS) is 11.6. The van der Waals surface area contributed by atoms with Crippen molar-refractivity contribution < 1.29 is 13.2 Å². The topological polar surface area (TPSA) is 93.1 Å². The Morgan fingerprint density at radius 2 is 2.04 bits per heavy atom. The molecule has 7 nitrogen and oxygen atoms in total. The summed E-state index contributed by atoms with van der Waals surface area (Å²) in [5.74, 6) is -0.00825. The van der Waals surface area contributed by atoms with Gasteiger partial charge >= 0.3 is 0 Å². The Kier molecular flexibility index (Phi) is 4.78. The minimum absolute atomic E-state index is 0.0708. The summed E-state index contributed by atoms with van der Waals surface area (Å²) >= 11 is 1.42. The van der Waals surface area contributed by atoms with E-state index >= 15 is 0 Å². The maximum Gasteiger partial charge on any atom is 0.228 e. The van der Waals surface area contributed by atoms with Crippen molar-refractivity contribution in [3.8, 4) is 10.6 Å². The van der Waals surface area contributed by atoms with Crippen LogP contribution in [-0.4, -0.2) is 48.3 Å². The average molecular weight is 376 g/mol. The summed E-state index contributed by atoms with van der Waals surface area (Å²) in [5.41, 5.74) is 1.65. The summed E-state index contributed by atoms with van der Waals surface area (Å²) in [6.07, 6.45) is 4.48. The van der Waals surface area contributed by atoms with Gasteiger partial charge in [-0.2, -0.15) is 0 Å². The van der Waals surface area contributed by atoms with Crippen molar-refractivity contribution in [1.29, 1.82) is 0 Å². The molecular weight excluding hydrogens is 360 g/mol. The second kappa shape index (κ2) is 6.85. The lowest BCUT2D eigenvalue weighted by Gasteiger charge is -2.15. The van der Waals surface area contributed by atoms with Crippen LogP contribution in [0, 0.1) is 0 Å². The smallest absolute Gasteiger partial charge is 0.228 e. The van der Waals surface area contributed by atoms with Gasteiger partial charge in [-0.05, 0) is 24.3 Å². The van der Waals surface area contributed by atoms with E-state index in [1.165, 1.54) is 16.2 Å². The molecule has 0 aliphatic heterocycles. The highest BCUT2D eigenvalue weighted by Crippen LogP contribution is 2.29. The molecule has 3 heterocycles. The third kappa shape index (κ3) is 4.18. The Balaban J connectivity index is 1.84. The molecule has 0 atom stereocenters. The molecular formula is C16H16N4O3S2. The van der Waals surface area contributed by atoms with Crippen LogP contribution < -0.4 is 4.90 Å². The molecule has 0 N–H and O–H groups in total. The molecule has 0 saturated carbocycles. The van der Waals surface area contributed by atoms with Gasteiger partial charge in [0.2, 0.25) is 5.91 Å². The van der Waals surface area contributed by atoms with E-state index in [9.17, 15) is 13.2 Å². The molecule has 0 spiro atoms. The number of nitrogens with zero attached hydrogens (tertiary/aromatic N) is 4. The van der Waals surface area contributed by atoms with Gasteiger partial charge in [-0.15, -0.1) is 0 Å². The minimum Gasteiger partial charge on any atom is -0.300 e. The van der Waals surface area contributed by atoms with E-state index in [-0.39, 0.29) is 18.1 Å². The van der Waals surface area contributed by atoms with Crippen LogP contribution in [-0.2, 0) is 14.6 Å². The molecule has 1 amide bonds. The van der Waals surface area contributed by atoms with Gasteiger partial charge in [-0.25, -0.2) is 18.4 Å². The first-order chi connectivity index (χ1) is 11.8. The molecule has 0 aliphatic rings. The van der Waals surface area contributed by atoms with E-state index < -0.39 is 9.84 Å². The third-order valence-electron chi connectivity index (χ3n) is 3.55. The van der Waals surface area contributed by atoms with Crippen molar-refractivity contribution in [2.75, 3.05) is 24.0 Å². The van der Waals surface area contributed by atoms with E-state index in [1.807, 2.05) is 12.1 Å². The first-order valence-electron chi connectivity index (χ1n) is 7.46. The third-order valence-corrected chi connectivity index (χ3v) is 5.51. The average Bonchev–Trinajstić information content (AvgIpc) is 3.02. The molecule has 0 radical (unpaired) electrons. The summed E-state index contributed by atoms with van der Waals surface area (Å²) in [6.45, 7) is 0. The van der Waals surface area contributed by atoms with Crippen LogP contribution in [0.25, 0.3) is 20.9 Å². The van der Waals surface area contributed by atoms with Gasteiger partial charge in [0.15, 0.2) is 0 Å². The minimum atomic E-state index is -3.18. The summed E-state index contributed by atoms with van der Waals surface area (Å²) in [5, 5.41) is 0.804. The van der Waals surface area contributed by atoms with Crippen LogP contribution in [0.2, 0.25) is 0 Å². The number of thiazole rings is 1. The summed E-state index contributed by atoms with van der Waals surface area (Å²) in [6, 6.07) is 7.27. The number of hydrogen-bond acceptors (Lipinski definition) is 7. The zero-order valence-corrected chi connectivity index (χ0v) is 15.3. The highest BCUT2D eigenvalue weighted by atomic mass is 32.2. The summed E-state index contributed by atoms with van der Waals surface area (Å²) in [7, 11) is -1.59. The number of carbonyl (C=O) groups excluding carboxylic acids is 1. The van der Waals surface area contributed by atoms with Crippen molar-refractivity contribution in [1.82, 2.24) is 15.0 Å². The number of carbonyl (C=O) groups is 1. The predicted octanol–water partition coefficient (Wildman–Crippen LogP) is 2.15. The first-order valence-corrected chi connectivity index (χ1v) is 10.3. The number of amides is 1. The second-order valence-corrected chi connectivity index (χ2v) is 8.82. The lowest BCUT2D eigenvalue weighted by Crippen LogP contribution is -2.28. The molecule has 3 aromatic heterocycles. The van der Waals surface area contributed by atoms with Gasteiger partial charge in [0.1, 0.15) is 31.0 Å². The number of pyridine rings is 2. The monoisotopic (exact) mass is 376 g/mol. The number of hydrogen-bond donors (Lipinski definition) is 0. The van der Waals surface area contributed by atoms with Crippen molar-refractivity contribution in [3.05, 3.63) is 36.7 Å². The maximum atomic E-state index is 12.2. The van der Waals surface area contributed by atoms with E-state index in [2.05, 4.69) is 15.0 Å². The number of rotatable bonds is 5. The highest BCUT2D eigenvalue weighted by Gasteiger charge is 2.16. The van der Waals surface area contributed by atoms with E-state index in [0.29, 0.717) is 10.6 Å². The van der Waals surface area contributed by atoms with Gasteiger partial charge in [0, 0.05) is 37.7 Å². The molecule has 0 saturated heterocycles. The molecule has 0 fully saturated rings. The Bertz CT molecular complexity index is 1020. The van der Waals surface area contributed by atoms with Crippen LogP contribution in [0.3, 0.4) is 0 Å². The zero-order valence-electron chi connectivity index (χ0n) is 13.7. The maximum absolute atomic E-state index is 12.2. The second-order valence-electron chi connectivity index (χ2n) is 5.59. The molecule has 9 heteroatoms. The molecule has 0 unspecified atom stereocenters. The molecule has 3 aromatic rings. The Morgan fingerprint density at radius 1 is 1.24 bits per heavy atom. The number of fused-ring (bicyclic) bond motifs is 1. The van der Waals surface area contributed by atoms with E-state index in [1.54, 1.807) is 31.6 Å². The van der Waals surface area contributed by atoms with Crippen LogP contribution >= 0.6 is 11.3 Å².